The summed E-state index contributed by atoms with van der Waals surface area (Å²) < 4.78 is 1.52. The molecule has 0 radical (unpaired) electrons. The first kappa shape index (κ1) is 15.9. The lowest BCUT2D eigenvalue weighted by Crippen LogP contribution is -2.48. The molecular formula is C15H23N5O3. The van der Waals surface area contributed by atoms with Gasteiger partial charge in [0.25, 0.3) is 0 Å². The highest BCUT2D eigenvalue weighted by Crippen LogP contribution is 2.34. The summed E-state index contributed by atoms with van der Waals surface area (Å²) in [7, 11) is 2.17. The van der Waals surface area contributed by atoms with E-state index in [0.717, 1.165) is 12.8 Å². The van der Waals surface area contributed by atoms with Crippen molar-refractivity contribution in [3.8, 4) is 0 Å². The lowest BCUT2D eigenvalue weighted by Gasteiger charge is -2.36. The number of nitro groups is 1. The van der Waals surface area contributed by atoms with E-state index >= 15 is 0 Å². The van der Waals surface area contributed by atoms with E-state index < -0.39 is 4.92 Å². The van der Waals surface area contributed by atoms with Gasteiger partial charge in [-0.1, -0.05) is 0 Å². The molecule has 1 N–H and O–H groups in total. The molecule has 8 heteroatoms. The zero-order valence-electron chi connectivity index (χ0n) is 13.6. The molecule has 8 nitrogen and oxygen atoms in total. The molecule has 0 aliphatic carbocycles. The van der Waals surface area contributed by atoms with Crippen LogP contribution >= 0.6 is 0 Å². The molecule has 2 aliphatic heterocycles. The summed E-state index contributed by atoms with van der Waals surface area (Å²) in [6.07, 6.45) is 4.78. The van der Waals surface area contributed by atoms with Crippen LogP contribution in [0.3, 0.4) is 0 Å². The van der Waals surface area contributed by atoms with E-state index in [0.29, 0.717) is 30.7 Å². The smallest absolute Gasteiger partial charge is 0.358 e. The molecule has 2 atom stereocenters. The minimum absolute atomic E-state index is 0.00324. The predicted molar refractivity (Wildman–Crippen MR) is 84.0 cm³/mol. The SMILES string of the molecule is Cc1cc([N+](=O)[O-])nn1CCC(=O)NC1CC2CCC(C1)N2C. The summed E-state index contributed by atoms with van der Waals surface area (Å²) in [6, 6.07) is 2.86. The fraction of sp³-hybridized carbons (Fsp3) is 0.733. The Kier molecular flexibility index (Phi) is 4.34. The number of carbonyl (C=O) groups excluding carboxylic acids is 1. The molecule has 1 amide bonds. The molecule has 3 heterocycles. The monoisotopic (exact) mass is 321 g/mol. The molecule has 2 aliphatic rings. The van der Waals surface area contributed by atoms with Crippen LogP contribution in [0.2, 0.25) is 0 Å². The second-order valence-corrected chi connectivity index (χ2v) is 6.66. The molecule has 3 rings (SSSR count). The van der Waals surface area contributed by atoms with Crippen LogP contribution in [0.5, 0.6) is 0 Å². The fourth-order valence-corrected chi connectivity index (χ4v) is 3.84. The van der Waals surface area contributed by atoms with Gasteiger partial charge in [-0.15, -0.1) is 0 Å². The first-order chi connectivity index (χ1) is 10.9. The number of fused-ring (bicyclic) bond motifs is 2. The molecule has 2 bridgehead atoms. The molecule has 2 fully saturated rings. The number of amides is 1. The van der Waals surface area contributed by atoms with Gasteiger partial charge in [0.2, 0.25) is 5.91 Å². The predicted octanol–water partition coefficient (Wildman–Crippen LogP) is 1.23. The van der Waals surface area contributed by atoms with Gasteiger partial charge in [0.15, 0.2) is 0 Å². The van der Waals surface area contributed by atoms with E-state index in [4.69, 9.17) is 0 Å². The number of nitrogens with zero attached hydrogens (tertiary/aromatic N) is 4. The number of carbonyl (C=O) groups is 1. The van der Waals surface area contributed by atoms with Gasteiger partial charge in [-0.05, 0) is 44.6 Å². The summed E-state index contributed by atoms with van der Waals surface area (Å²) >= 11 is 0. The number of aryl methyl sites for hydroxylation is 2. The van der Waals surface area contributed by atoms with E-state index in [1.807, 2.05) is 0 Å². The zero-order chi connectivity index (χ0) is 16.6. The van der Waals surface area contributed by atoms with Gasteiger partial charge in [-0.25, -0.2) is 0 Å². The van der Waals surface area contributed by atoms with Crippen molar-refractivity contribution in [3.63, 3.8) is 0 Å². The van der Waals surface area contributed by atoms with E-state index in [9.17, 15) is 14.9 Å². The van der Waals surface area contributed by atoms with Crippen LogP contribution in [-0.4, -0.2) is 50.7 Å². The van der Waals surface area contributed by atoms with Crippen LogP contribution < -0.4 is 5.32 Å². The number of hydrogen-bond acceptors (Lipinski definition) is 5. The lowest BCUT2D eigenvalue weighted by molar-refractivity contribution is -0.389. The van der Waals surface area contributed by atoms with Gasteiger partial charge in [-0.2, -0.15) is 4.68 Å². The van der Waals surface area contributed by atoms with Crippen LogP contribution in [0.4, 0.5) is 5.82 Å². The summed E-state index contributed by atoms with van der Waals surface area (Å²) in [5, 5.41) is 17.7. The number of nitrogens with one attached hydrogen (secondary N) is 1. The van der Waals surface area contributed by atoms with Crippen molar-refractivity contribution in [2.45, 2.75) is 63.7 Å². The average molecular weight is 321 g/mol. The number of hydrogen-bond donors (Lipinski definition) is 1. The maximum absolute atomic E-state index is 12.2. The van der Waals surface area contributed by atoms with Gasteiger partial charge in [0.05, 0.1) is 23.4 Å². The Morgan fingerprint density at radius 1 is 1.43 bits per heavy atom. The second-order valence-electron chi connectivity index (χ2n) is 6.66. The maximum Gasteiger partial charge on any atom is 0.390 e. The third-order valence-electron chi connectivity index (χ3n) is 5.17. The quantitative estimate of drug-likeness (QED) is 0.650. The Morgan fingerprint density at radius 2 is 2.09 bits per heavy atom. The molecule has 2 saturated heterocycles. The number of aromatic nitrogens is 2. The first-order valence-corrected chi connectivity index (χ1v) is 8.14. The molecule has 2 unspecified atom stereocenters. The Hall–Kier alpha value is -1.96. The number of rotatable bonds is 5. The largest absolute Gasteiger partial charge is 0.390 e. The normalized spacial score (nSPS) is 27.1. The number of piperidine rings is 1. The van der Waals surface area contributed by atoms with Gasteiger partial charge < -0.3 is 20.3 Å². The van der Waals surface area contributed by atoms with Crippen LogP contribution in [0.15, 0.2) is 6.07 Å². The van der Waals surface area contributed by atoms with E-state index in [-0.39, 0.29) is 17.8 Å². The lowest BCUT2D eigenvalue weighted by atomic mass is 9.98. The zero-order valence-corrected chi connectivity index (χ0v) is 13.6. The highest BCUT2D eigenvalue weighted by molar-refractivity contribution is 5.76. The molecule has 0 aromatic carbocycles. The maximum atomic E-state index is 12.2. The van der Waals surface area contributed by atoms with Crippen molar-refractivity contribution in [1.82, 2.24) is 20.0 Å². The summed E-state index contributed by atoms with van der Waals surface area (Å²) in [6.45, 7) is 2.12. The van der Waals surface area contributed by atoms with Crippen molar-refractivity contribution in [2.75, 3.05) is 7.05 Å². The summed E-state index contributed by atoms with van der Waals surface area (Å²) in [5.74, 6) is -0.175. The average Bonchev–Trinajstić information content (AvgIpc) is 2.94. The summed E-state index contributed by atoms with van der Waals surface area (Å²) in [4.78, 5) is 24.8. The van der Waals surface area contributed by atoms with Crippen LogP contribution in [0.25, 0.3) is 0 Å². The standard InChI is InChI=1S/C15H23N5O3/c1-10-7-14(20(22)23)17-19(10)6-5-15(21)16-11-8-12-3-4-13(9-11)18(12)2/h7,11-13H,3-6,8-9H2,1-2H3,(H,16,21). The molecule has 23 heavy (non-hydrogen) atoms. The third-order valence-corrected chi connectivity index (χ3v) is 5.17. The van der Waals surface area contributed by atoms with E-state index in [2.05, 4.69) is 22.4 Å². The van der Waals surface area contributed by atoms with Crippen molar-refractivity contribution >= 4 is 11.7 Å². The Morgan fingerprint density at radius 3 is 2.65 bits per heavy atom. The van der Waals surface area contributed by atoms with Crippen molar-refractivity contribution in [3.05, 3.63) is 21.9 Å². The van der Waals surface area contributed by atoms with Gasteiger partial charge in [0.1, 0.15) is 0 Å². The van der Waals surface area contributed by atoms with Gasteiger partial charge >= 0.3 is 5.82 Å². The van der Waals surface area contributed by atoms with Crippen LogP contribution in [-0.2, 0) is 11.3 Å². The first-order valence-electron chi connectivity index (χ1n) is 8.14. The van der Waals surface area contributed by atoms with Crippen LogP contribution in [0.1, 0.15) is 37.8 Å². The molecule has 1 aromatic rings. The highest BCUT2D eigenvalue weighted by Gasteiger charge is 2.38. The Labute approximate surface area is 135 Å². The molecule has 126 valence electrons. The van der Waals surface area contributed by atoms with Crippen molar-refractivity contribution in [2.24, 2.45) is 0 Å². The molecule has 1 aromatic heterocycles. The molecule has 0 saturated carbocycles. The molecular weight excluding hydrogens is 298 g/mol. The minimum Gasteiger partial charge on any atom is -0.358 e. The third kappa shape index (κ3) is 3.36. The minimum atomic E-state index is -0.516. The Balaban J connectivity index is 1.49. The van der Waals surface area contributed by atoms with Crippen molar-refractivity contribution in [1.29, 1.82) is 0 Å². The van der Waals surface area contributed by atoms with E-state index in [1.54, 1.807) is 6.92 Å². The topological polar surface area (TPSA) is 93.3 Å². The van der Waals surface area contributed by atoms with Gasteiger partial charge in [0, 0.05) is 24.5 Å². The molecule has 0 spiro atoms. The fourth-order valence-electron chi connectivity index (χ4n) is 3.84. The second kappa shape index (κ2) is 6.27. The Bertz CT molecular complexity index is 600. The van der Waals surface area contributed by atoms with Crippen molar-refractivity contribution < 1.29 is 9.72 Å². The summed E-state index contributed by atoms with van der Waals surface area (Å²) in [5.41, 5.74) is 0.696. The van der Waals surface area contributed by atoms with Crippen LogP contribution in [0, 0.1) is 17.0 Å². The van der Waals surface area contributed by atoms with Gasteiger partial charge in [-0.3, -0.25) is 4.79 Å². The van der Waals surface area contributed by atoms with E-state index in [1.165, 1.54) is 23.6 Å². The highest BCUT2D eigenvalue weighted by atomic mass is 16.6.